The van der Waals surface area contributed by atoms with Crippen molar-refractivity contribution in [3.05, 3.63) is 63.9 Å². The monoisotopic (exact) mass is 564 g/mol. The molecule has 3 saturated carbocycles. The van der Waals surface area contributed by atoms with Crippen molar-refractivity contribution >= 4 is 22.8 Å². The molecule has 10 heteroatoms. The van der Waals surface area contributed by atoms with Gasteiger partial charge in [0.05, 0.1) is 36.9 Å². The predicted molar refractivity (Wildman–Crippen MR) is 149 cm³/mol. The molecule has 4 unspecified atom stereocenters. The number of nitrogens with zero attached hydrogens (tertiary/aromatic N) is 3. The topological polar surface area (TPSA) is 96.7 Å². The van der Waals surface area contributed by atoms with Gasteiger partial charge >= 0.3 is 0 Å². The summed E-state index contributed by atoms with van der Waals surface area (Å²) in [6.45, 7) is 3.15. The number of fused-ring (bicyclic) bond motifs is 2. The maximum atomic E-state index is 15.2. The normalized spacial score (nSPS) is 30.6. The van der Waals surface area contributed by atoms with Crippen LogP contribution in [-0.4, -0.2) is 58.5 Å². The highest BCUT2D eigenvalue weighted by Crippen LogP contribution is 2.60. The van der Waals surface area contributed by atoms with Crippen LogP contribution in [0.15, 0.2) is 41.3 Å². The van der Waals surface area contributed by atoms with Crippen LogP contribution in [0.4, 0.5) is 14.6 Å². The number of amides is 1. The number of benzene rings is 1. The zero-order valence-corrected chi connectivity index (χ0v) is 23.0. The molecule has 1 aromatic carbocycles. The summed E-state index contributed by atoms with van der Waals surface area (Å²) in [5.74, 6) is 1.17. The summed E-state index contributed by atoms with van der Waals surface area (Å²) in [6, 6.07) is 6.08. The molecule has 216 valence electrons. The Kier molecular flexibility index (Phi) is 6.39. The number of morpholine rings is 1. The number of aromatic nitrogens is 2. The summed E-state index contributed by atoms with van der Waals surface area (Å²) >= 11 is 0. The third-order valence-corrected chi connectivity index (χ3v) is 9.91. The van der Waals surface area contributed by atoms with Crippen LogP contribution in [0.25, 0.3) is 16.7 Å². The molecule has 1 aliphatic heterocycles. The van der Waals surface area contributed by atoms with Crippen LogP contribution < -0.4 is 15.6 Å². The smallest absolute Gasteiger partial charge is 0.257 e. The average Bonchev–Trinajstić information content (AvgIpc) is 3.21. The fourth-order valence-corrected chi connectivity index (χ4v) is 8.12. The SMILES string of the molecule is CC1(NC(=O)c2cn(-c3ccc(F)cc3F)c3nc(N4CCOC[C@H]4CO)ccc3c2=O)CC2CC3CC(C1)[C@@H]3C2. The molecule has 4 aliphatic rings. The van der Waals surface area contributed by atoms with Gasteiger partial charge in [0.2, 0.25) is 5.43 Å². The Labute approximate surface area is 236 Å². The molecule has 2 bridgehead atoms. The van der Waals surface area contributed by atoms with Crippen molar-refractivity contribution in [2.24, 2.45) is 23.7 Å². The van der Waals surface area contributed by atoms with Crippen LogP contribution in [0, 0.1) is 35.3 Å². The quantitative estimate of drug-likeness (QED) is 0.490. The number of aliphatic hydroxyl groups is 1. The molecule has 1 saturated heterocycles. The van der Waals surface area contributed by atoms with Gasteiger partial charge in [0.25, 0.3) is 5.91 Å². The average molecular weight is 565 g/mol. The van der Waals surface area contributed by atoms with E-state index < -0.39 is 28.5 Å². The van der Waals surface area contributed by atoms with Gasteiger partial charge in [-0.05, 0) is 87.0 Å². The van der Waals surface area contributed by atoms with E-state index in [1.165, 1.54) is 36.1 Å². The molecular formula is C31H34F2N4O4. The largest absolute Gasteiger partial charge is 0.394 e. The van der Waals surface area contributed by atoms with E-state index in [4.69, 9.17) is 9.72 Å². The first-order chi connectivity index (χ1) is 19.7. The van der Waals surface area contributed by atoms with Crippen molar-refractivity contribution in [3.63, 3.8) is 0 Å². The molecule has 7 rings (SSSR count). The van der Waals surface area contributed by atoms with Gasteiger partial charge in [-0.2, -0.15) is 0 Å². The molecule has 2 N–H and O–H groups in total. The number of pyridine rings is 2. The van der Waals surface area contributed by atoms with Crippen LogP contribution in [0.2, 0.25) is 0 Å². The van der Waals surface area contributed by atoms with E-state index in [9.17, 15) is 19.1 Å². The first-order valence-corrected chi connectivity index (χ1v) is 14.5. The maximum absolute atomic E-state index is 15.2. The zero-order chi connectivity index (χ0) is 28.5. The number of ether oxygens (including phenoxy) is 1. The molecule has 2 aromatic heterocycles. The minimum absolute atomic E-state index is 0.0331. The Morgan fingerprint density at radius 1 is 1.17 bits per heavy atom. The summed E-state index contributed by atoms with van der Waals surface area (Å²) in [5, 5.41) is 13.2. The molecule has 3 heterocycles. The predicted octanol–water partition coefficient (Wildman–Crippen LogP) is 3.81. The lowest BCUT2D eigenvalue weighted by Crippen LogP contribution is -2.51. The molecule has 41 heavy (non-hydrogen) atoms. The summed E-state index contributed by atoms with van der Waals surface area (Å²) < 4.78 is 35.8. The minimum Gasteiger partial charge on any atom is -0.394 e. The van der Waals surface area contributed by atoms with E-state index >= 15 is 4.39 Å². The van der Waals surface area contributed by atoms with Gasteiger partial charge in [-0.1, -0.05) is 0 Å². The Morgan fingerprint density at radius 2 is 2.02 bits per heavy atom. The van der Waals surface area contributed by atoms with Gasteiger partial charge in [0.15, 0.2) is 5.65 Å². The number of rotatable bonds is 5. The van der Waals surface area contributed by atoms with E-state index in [1.807, 2.05) is 4.90 Å². The first-order valence-electron chi connectivity index (χ1n) is 14.5. The third kappa shape index (κ3) is 4.52. The molecule has 3 aromatic rings. The molecular weight excluding hydrogens is 530 g/mol. The lowest BCUT2D eigenvalue weighted by Gasteiger charge is -2.46. The fraction of sp³-hybridized carbons (Fsp3) is 0.516. The van der Waals surface area contributed by atoms with Crippen molar-refractivity contribution in [2.45, 2.75) is 50.6 Å². The number of nitrogens with one attached hydrogen (secondary N) is 1. The van der Waals surface area contributed by atoms with E-state index in [-0.39, 0.29) is 34.9 Å². The second kappa shape index (κ2) is 9.87. The second-order valence-corrected chi connectivity index (χ2v) is 12.7. The second-order valence-electron chi connectivity index (χ2n) is 12.7. The van der Waals surface area contributed by atoms with Crippen molar-refractivity contribution in [1.29, 1.82) is 0 Å². The Balaban J connectivity index is 1.31. The van der Waals surface area contributed by atoms with Crippen molar-refractivity contribution in [3.8, 4) is 5.69 Å². The highest BCUT2D eigenvalue weighted by molar-refractivity contribution is 5.97. The number of anilines is 1. The minimum atomic E-state index is -0.848. The summed E-state index contributed by atoms with van der Waals surface area (Å²) in [5.41, 5.74) is -0.945. The molecule has 1 amide bonds. The number of hydrogen-bond donors (Lipinski definition) is 2. The summed E-state index contributed by atoms with van der Waals surface area (Å²) in [4.78, 5) is 34.2. The van der Waals surface area contributed by atoms with Gasteiger partial charge in [-0.25, -0.2) is 13.8 Å². The molecule has 6 atom stereocenters. The highest BCUT2D eigenvalue weighted by Gasteiger charge is 2.53. The van der Waals surface area contributed by atoms with E-state index in [0.717, 1.165) is 36.8 Å². The Hall–Kier alpha value is -3.37. The summed E-state index contributed by atoms with van der Waals surface area (Å²) in [6.07, 6.45) is 6.75. The lowest BCUT2D eigenvalue weighted by atomic mass is 9.62. The van der Waals surface area contributed by atoms with Crippen LogP contribution in [0.5, 0.6) is 0 Å². The third-order valence-electron chi connectivity index (χ3n) is 9.91. The van der Waals surface area contributed by atoms with Gasteiger partial charge < -0.3 is 20.1 Å². The zero-order valence-electron chi connectivity index (χ0n) is 23.0. The molecule has 0 radical (unpaired) electrons. The standard InChI is InChI=1S/C31H34F2N4O4/c1-31(12-17-8-18-10-19(13-31)23(18)9-17)35-30(40)24-14-37(26-4-2-20(32)11-25(26)33)29-22(28(24)39)3-5-27(34-29)36-6-7-41-16-21(36)15-38/h2-5,11,14,17-19,21,23,38H,6-10,12-13,15-16H2,1H3,(H,35,40)/t17?,18?,19?,21-,23-,31?/m1/s1. The van der Waals surface area contributed by atoms with Crippen molar-refractivity contribution < 1.29 is 23.4 Å². The number of halogens is 2. The van der Waals surface area contributed by atoms with Crippen molar-refractivity contribution in [2.75, 3.05) is 31.3 Å². The Bertz CT molecular complexity index is 1590. The van der Waals surface area contributed by atoms with Gasteiger partial charge in [-0.15, -0.1) is 0 Å². The van der Waals surface area contributed by atoms with E-state index in [2.05, 4.69) is 12.2 Å². The highest BCUT2D eigenvalue weighted by atomic mass is 19.1. The van der Waals surface area contributed by atoms with Gasteiger partial charge in [0.1, 0.15) is 23.0 Å². The van der Waals surface area contributed by atoms with Crippen LogP contribution in [0.1, 0.15) is 49.4 Å². The number of aliphatic hydroxyl groups excluding tert-OH is 1. The Morgan fingerprint density at radius 3 is 2.83 bits per heavy atom. The molecule has 0 spiro atoms. The van der Waals surface area contributed by atoms with Crippen molar-refractivity contribution in [1.82, 2.24) is 14.9 Å². The number of hydrogen-bond acceptors (Lipinski definition) is 6. The lowest BCUT2D eigenvalue weighted by molar-refractivity contribution is 0.0570. The van der Waals surface area contributed by atoms with Gasteiger partial charge in [0, 0.05) is 24.3 Å². The van der Waals surface area contributed by atoms with Crippen LogP contribution >= 0.6 is 0 Å². The van der Waals surface area contributed by atoms with Crippen LogP contribution in [0.3, 0.4) is 0 Å². The molecule has 4 fully saturated rings. The van der Waals surface area contributed by atoms with E-state index in [1.54, 1.807) is 12.1 Å². The van der Waals surface area contributed by atoms with Gasteiger partial charge in [-0.3, -0.25) is 14.2 Å². The maximum Gasteiger partial charge on any atom is 0.257 e. The van der Waals surface area contributed by atoms with Crippen LogP contribution in [-0.2, 0) is 4.74 Å². The molecule has 8 nitrogen and oxygen atoms in total. The number of carbonyl (C=O) groups excluding carboxylic acids is 1. The molecule has 3 aliphatic carbocycles. The first kappa shape index (κ1) is 26.5. The number of carbonyl (C=O) groups is 1. The fourth-order valence-electron chi connectivity index (χ4n) is 8.12. The van der Waals surface area contributed by atoms with E-state index in [0.29, 0.717) is 37.4 Å². The summed E-state index contributed by atoms with van der Waals surface area (Å²) in [7, 11) is 0.